The van der Waals surface area contributed by atoms with Gasteiger partial charge in [0.2, 0.25) is 5.91 Å². The Balaban J connectivity index is 2.23. The van der Waals surface area contributed by atoms with Crippen LogP contribution in [-0.4, -0.2) is 50.7 Å². The van der Waals surface area contributed by atoms with E-state index in [0.717, 1.165) is 18.7 Å². The molecule has 0 saturated carbocycles. The first-order valence-corrected chi connectivity index (χ1v) is 7.32. The number of hydrogen-bond acceptors (Lipinski definition) is 4. The van der Waals surface area contributed by atoms with Crippen LogP contribution in [0.25, 0.3) is 0 Å². The minimum absolute atomic E-state index is 0.0829. The molecular weight excluding hydrogens is 282 g/mol. The van der Waals surface area contributed by atoms with Gasteiger partial charge in [0.25, 0.3) is 0 Å². The maximum Gasteiger partial charge on any atom is 0.227 e. The summed E-state index contributed by atoms with van der Waals surface area (Å²) >= 11 is 0. The van der Waals surface area contributed by atoms with Crippen molar-refractivity contribution in [2.45, 2.75) is 19.8 Å². The molecule has 3 N–H and O–H groups in total. The Morgan fingerprint density at radius 1 is 1.32 bits per heavy atom. The Labute approximate surface area is 131 Å². The molecule has 22 heavy (non-hydrogen) atoms. The van der Waals surface area contributed by atoms with Gasteiger partial charge < -0.3 is 20.7 Å². The second kappa shape index (κ2) is 10.6. The molecule has 0 fully saturated rings. The van der Waals surface area contributed by atoms with Gasteiger partial charge in [-0.05, 0) is 25.5 Å². The van der Waals surface area contributed by atoms with Gasteiger partial charge in [0.1, 0.15) is 5.82 Å². The van der Waals surface area contributed by atoms with Crippen LogP contribution in [0.1, 0.15) is 18.5 Å². The number of nitrogens with zero attached hydrogens (tertiary/aromatic N) is 2. The van der Waals surface area contributed by atoms with Crippen molar-refractivity contribution in [3.8, 4) is 0 Å². The van der Waals surface area contributed by atoms with Crippen LogP contribution < -0.4 is 16.0 Å². The molecule has 0 aliphatic rings. The average Bonchev–Trinajstić information content (AvgIpc) is 2.49. The fourth-order valence-electron chi connectivity index (χ4n) is 1.76. The molecule has 0 bridgehead atoms. The van der Waals surface area contributed by atoms with E-state index < -0.39 is 0 Å². The lowest BCUT2D eigenvalue weighted by Gasteiger charge is -2.11. The van der Waals surface area contributed by atoms with Gasteiger partial charge >= 0.3 is 0 Å². The van der Waals surface area contributed by atoms with Crippen molar-refractivity contribution < 1.29 is 9.53 Å². The van der Waals surface area contributed by atoms with Crippen molar-refractivity contribution >= 4 is 17.7 Å². The zero-order valence-corrected chi connectivity index (χ0v) is 13.5. The maximum atomic E-state index is 11.8. The van der Waals surface area contributed by atoms with E-state index in [-0.39, 0.29) is 5.91 Å². The van der Waals surface area contributed by atoms with Gasteiger partial charge in [0.05, 0.1) is 0 Å². The van der Waals surface area contributed by atoms with E-state index in [9.17, 15) is 4.79 Å². The first kappa shape index (κ1) is 17.9. The molecule has 1 aromatic rings. The fourth-order valence-corrected chi connectivity index (χ4v) is 1.76. The number of carbonyl (C=O) groups excluding carboxylic acids is 1. The molecule has 0 spiro atoms. The van der Waals surface area contributed by atoms with Gasteiger partial charge in [-0.1, -0.05) is 6.07 Å². The average molecular weight is 307 g/mol. The molecule has 0 aliphatic heterocycles. The molecule has 7 heteroatoms. The zero-order valence-electron chi connectivity index (χ0n) is 13.5. The lowest BCUT2D eigenvalue weighted by atomic mass is 10.3. The highest BCUT2D eigenvalue weighted by molar-refractivity contribution is 5.90. The Morgan fingerprint density at radius 3 is 2.77 bits per heavy atom. The molecule has 1 aromatic heterocycles. The number of carbonyl (C=O) groups is 1. The molecule has 122 valence electrons. The van der Waals surface area contributed by atoms with Gasteiger partial charge in [0.15, 0.2) is 5.96 Å². The molecule has 0 atom stereocenters. The third kappa shape index (κ3) is 7.58. The summed E-state index contributed by atoms with van der Waals surface area (Å²) < 4.78 is 4.98. The molecule has 1 heterocycles. The number of ether oxygens (including phenoxy) is 1. The highest BCUT2D eigenvalue weighted by atomic mass is 16.5. The van der Waals surface area contributed by atoms with Crippen LogP contribution in [0.2, 0.25) is 0 Å². The molecule has 0 aromatic carbocycles. The standard InChI is InChI=1S/C15H25N5O2/c1-12-6-4-7-13(19-12)20-14(21)8-10-18-15(16-2)17-9-5-11-22-3/h4,6-7H,5,8-11H2,1-3H3,(H2,16,17,18)(H,19,20,21). The highest BCUT2D eigenvalue weighted by Crippen LogP contribution is 2.03. The SMILES string of the molecule is CN=C(NCCCOC)NCCC(=O)Nc1cccc(C)n1. The van der Waals surface area contributed by atoms with Crippen LogP contribution in [-0.2, 0) is 9.53 Å². The first-order valence-electron chi connectivity index (χ1n) is 7.32. The van der Waals surface area contributed by atoms with Crippen LogP contribution in [0, 0.1) is 6.92 Å². The number of pyridine rings is 1. The number of hydrogen-bond donors (Lipinski definition) is 3. The fraction of sp³-hybridized carbons (Fsp3) is 0.533. The van der Waals surface area contributed by atoms with Crippen molar-refractivity contribution in [2.75, 3.05) is 39.2 Å². The number of nitrogens with one attached hydrogen (secondary N) is 3. The molecular formula is C15H25N5O2. The van der Waals surface area contributed by atoms with E-state index in [1.54, 1.807) is 20.2 Å². The molecule has 7 nitrogen and oxygen atoms in total. The van der Waals surface area contributed by atoms with Crippen LogP contribution in [0.5, 0.6) is 0 Å². The lowest BCUT2D eigenvalue weighted by Crippen LogP contribution is -2.39. The summed E-state index contributed by atoms with van der Waals surface area (Å²) in [5, 5.41) is 9.01. The van der Waals surface area contributed by atoms with Crippen molar-refractivity contribution in [1.82, 2.24) is 15.6 Å². The smallest absolute Gasteiger partial charge is 0.227 e. The molecule has 1 rings (SSSR count). The quantitative estimate of drug-likeness (QED) is 0.378. The molecule has 1 amide bonds. The summed E-state index contributed by atoms with van der Waals surface area (Å²) in [6.07, 6.45) is 1.24. The Morgan fingerprint density at radius 2 is 2.09 bits per heavy atom. The highest BCUT2D eigenvalue weighted by Gasteiger charge is 2.04. The zero-order chi connectivity index (χ0) is 16.2. The number of guanidine groups is 1. The van der Waals surface area contributed by atoms with Gasteiger partial charge in [-0.25, -0.2) is 4.98 Å². The predicted octanol–water partition coefficient (Wildman–Crippen LogP) is 0.920. The summed E-state index contributed by atoms with van der Waals surface area (Å²) in [7, 11) is 3.37. The van der Waals surface area contributed by atoms with E-state index in [2.05, 4.69) is 25.9 Å². The molecule has 0 saturated heterocycles. The van der Waals surface area contributed by atoms with Gasteiger partial charge in [-0.2, -0.15) is 0 Å². The van der Waals surface area contributed by atoms with Gasteiger partial charge in [-0.15, -0.1) is 0 Å². The number of rotatable bonds is 8. The van der Waals surface area contributed by atoms with Crippen LogP contribution in [0.3, 0.4) is 0 Å². The summed E-state index contributed by atoms with van der Waals surface area (Å²) in [4.78, 5) is 20.1. The van der Waals surface area contributed by atoms with Crippen LogP contribution in [0.4, 0.5) is 5.82 Å². The minimum Gasteiger partial charge on any atom is -0.385 e. The largest absolute Gasteiger partial charge is 0.385 e. The van der Waals surface area contributed by atoms with E-state index in [0.29, 0.717) is 31.3 Å². The molecule has 0 radical (unpaired) electrons. The monoisotopic (exact) mass is 307 g/mol. The predicted molar refractivity (Wildman–Crippen MR) is 88.1 cm³/mol. The van der Waals surface area contributed by atoms with Crippen molar-refractivity contribution in [1.29, 1.82) is 0 Å². The summed E-state index contributed by atoms with van der Waals surface area (Å²) in [5.74, 6) is 1.17. The van der Waals surface area contributed by atoms with E-state index in [1.165, 1.54) is 0 Å². The first-order chi connectivity index (χ1) is 10.7. The van der Waals surface area contributed by atoms with Crippen molar-refractivity contribution in [3.05, 3.63) is 23.9 Å². The minimum atomic E-state index is -0.0829. The summed E-state index contributed by atoms with van der Waals surface area (Å²) in [6.45, 7) is 3.86. The van der Waals surface area contributed by atoms with E-state index >= 15 is 0 Å². The maximum absolute atomic E-state index is 11.8. The number of methoxy groups -OCH3 is 1. The summed E-state index contributed by atoms with van der Waals surface area (Å²) in [6, 6.07) is 5.52. The van der Waals surface area contributed by atoms with Crippen molar-refractivity contribution in [2.24, 2.45) is 4.99 Å². The number of aliphatic imine (C=N–C) groups is 1. The number of aromatic nitrogens is 1. The van der Waals surface area contributed by atoms with Crippen LogP contribution >= 0.6 is 0 Å². The number of anilines is 1. The second-order valence-corrected chi connectivity index (χ2v) is 4.73. The van der Waals surface area contributed by atoms with Crippen LogP contribution in [0.15, 0.2) is 23.2 Å². The van der Waals surface area contributed by atoms with Gasteiger partial charge in [0, 0.05) is 46.0 Å². The molecule has 0 unspecified atom stereocenters. The molecule has 0 aliphatic carbocycles. The van der Waals surface area contributed by atoms with E-state index in [4.69, 9.17) is 4.74 Å². The summed E-state index contributed by atoms with van der Waals surface area (Å²) in [5.41, 5.74) is 0.872. The third-order valence-corrected chi connectivity index (χ3v) is 2.84. The number of aryl methyl sites for hydroxylation is 1. The second-order valence-electron chi connectivity index (χ2n) is 4.73. The lowest BCUT2D eigenvalue weighted by molar-refractivity contribution is -0.116. The Bertz CT molecular complexity index is 491. The van der Waals surface area contributed by atoms with Gasteiger partial charge in [-0.3, -0.25) is 9.79 Å². The topological polar surface area (TPSA) is 87.6 Å². The number of amides is 1. The van der Waals surface area contributed by atoms with Crippen molar-refractivity contribution in [3.63, 3.8) is 0 Å². The van der Waals surface area contributed by atoms with E-state index in [1.807, 2.05) is 19.1 Å². The normalized spacial score (nSPS) is 11.1. The third-order valence-electron chi connectivity index (χ3n) is 2.84. The Hall–Kier alpha value is -2.15. The Kier molecular flexibility index (Phi) is 8.59.